The van der Waals surface area contributed by atoms with Crippen LogP contribution in [-0.2, 0) is 11.2 Å². The third-order valence-corrected chi connectivity index (χ3v) is 7.73. The van der Waals surface area contributed by atoms with Crippen LogP contribution in [0.2, 0.25) is 0 Å². The molecule has 3 rings (SSSR count). The Morgan fingerprint density at radius 1 is 1.15 bits per heavy atom. The highest BCUT2D eigenvalue weighted by molar-refractivity contribution is 5.71. The number of allylic oxidation sites excluding steroid dienone is 1. The van der Waals surface area contributed by atoms with E-state index in [1.807, 2.05) is 0 Å². The van der Waals surface area contributed by atoms with Gasteiger partial charge in [0.15, 0.2) is 0 Å². The molecule has 0 aromatic heterocycles. The highest BCUT2D eigenvalue weighted by Crippen LogP contribution is 2.45. The van der Waals surface area contributed by atoms with Gasteiger partial charge in [0.25, 0.3) is 0 Å². The Balaban J connectivity index is 1.66. The number of carboxylic acids is 1. The molecule has 0 radical (unpaired) electrons. The average Bonchev–Trinajstić information content (AvgIpc) is 2.70. The molecule has 2 unspecified atom stereocenters. The lowest BCUT2D eigenvalue weighted by Crippen LogP contribution is -2.39. The van der Waals surface area contributed by atoms with Crippen LogP contribution in [0, 0.1) is 38.5 Å². The second-order valence-electron chi connectivity index (χ2n) is 11.2. The number of aliphatic carboxylic acids is 1. The molecular formula is C29H44O4. The number of fused-ring (bicyclic) bond motifs is 1. The minimum absolute atomic E-state index is 0.00110. The normalized spacial score (nSPS) is 25.5. The summed E-state index contributed by atoms with van der Waals surface area (Å²) >= 11 is 0. The van der Waals surface area contributed by atoms with Crippen molar-refractivity contribution < 1.29 is 19.4 Å². The van der Waals surface area contributed by atoms with E-state index in [2.05, 4.69) is 60.6 Å². The van der Waals surface area contributed by atoms with E-state index in [4.69, 9.17) is 14.6 Å². The maximum absolute atomic E-state index is 11.1. The Labute approximate surface area is 200 Å². The van der Waals surface area contributed by atoms with Gasteiger partial charge in [-0.3, -0.25) is 4.79 Å². The van der Waals surface area contributed by atoms with Crippen molar-refractivity contribution in [3.8, 4) is 11.5 Å². The van der Waals surface area contributed by atoms with E-state index in [0.29, 0.717) is 18.8 Å². The zero-order valence-electron chi connectivity index (χ0n) is 21.8. The van der Waals surface area contributed by atoms with Crippen molar-refractivity contribution in [3.05, 3.63) is 34.4 Å². The first kappa shape index (κ1) is 25.6. The zero-order chi connectivity index (χ0) is 24.3. The molecule has 2 aliphatic rings. The molecule has 1 saturated carbocycles. The number of hydrogen-bond acceptors (Lipinski definition) is 3. The van der Waals surface area contributed by atoms with Gasteiger partial charge < -0.3 is 14.6 Å². The number of rotatable bonds is 10. The lowest BCUT2D eigenvalue weighted by atomic mass is 9.82. The lowest BCUT2D eigenvalue weighted by Gasteiger charge is -2.38. The highest BCUT2D eigenvalue weighted by atomic mass is 16.5. The van der Waals surface area contributed by atoms with Crippen molar-refractivity contribution in [2.75, 3.05) is 0 Å². The number of carbonyl (C=O) groups is 1. The van der Waals surface area contributed by atoms with Gasteiger partial charge in [0.05, 0.1) is 5.92 Å². The molecule has 1 aromatic rings. The predicted octanol–water partition coefficient (Wildman–Crippen LogP) is 7.35. The van der Waals surface area contributed by atoms with Crippen LogP contribution in [0.4, 0.5) is 0 Å². The Kier molecular flexibility index (Phi) is 8.18. The Morgan fingerprint density at radius 3 is 2.48 bits per heavy atom. The summed E-state index contributed by atoms with van der Waals surface area (Å²) in [6.45, 7) is 15.5. The molecule has 2 atom stereocenters. The highest BCUT2D eigenvalue weighted by Gasteiger charge is 2.38. The molecule has 0 amide bonds. The third-order valence-electron chi connectivity index (χ3n) is 7.73. The van der Waals surface area contributed by atoms with Gasteiger partial charge in [-0.05, 0) is 94.4 Å². The van der Waals surface area contributed by atoms with Crippen molar-refractivity contribution in [2.45, 2.75) is 112 Å². The molecule has 184 valence electrons. The van der Waals surface area contributed by atoms with Crippen LogP contribution in [0.3, 0.4) is 0 Å². The van der Waals surface area contributed by atoms with E-state index in [0.717, 1.165) is 53.4 Å². The first-order valence-electron chi connectivity index (χ1n) is 12.9. The molecule has 0 spiro atoms. The molecule has 1 heterocycles. The average molecular weight is 457 g/mol. The van der Waals surface area contributed by atoms with Gasteiger partial charge in [0.2, 0.25) is 0 Å². The first-order chi connectivity index (χ1) is 15.5. The van der Waals surface area contributed by atoms with Crippen LogP contribution < -0.4 is 9.47 Å². The maximum atomic E-state index is 11.1. The Morgan fingerprint density at radius 2 is 1.85 bits per heavy atom. The summed E-state index contributed by atoms with van der Waals surface area (Å²) in [5, 5.41) is 9.15. The molecule has 1 aliphatic carbocycles. The van der Waals surface area contributed by atoms with Crippen LogP contribution in [0.1, 0.15) is 94.9 Å². The summed E-state index contributed by atoms with van der Waals surface area (Å²) in [6, 6.07) is 0. The van der Waals surface area contributed by atoms with Gasteiger partial charge >= 0.3 is 5.97 Å². The van der Waals surface area contributed by atoms with Crippen LogP contribution in [0.15, 0.2) is 12.2 Å². The molecule has 0 saturated heterocycles. The summed E-state index contributed by atoms with van der Waals surface area (Å²) in [6.07, 6.45) is 12.7. The van der Waals surface area contributed by atoms with Crippen molar-refractivity contribution >= 4 is 5.97 Å². The summed E-state index contributed by atoms with van der Waals surface area (Å²) in [5.74, 6) is 2.46. The molecule has 1 N–H and O–H groups in total. The standard InChI is InChI=1S/C29H44O4/c1-18(2)10-8-11-19(3)12-9-14-29(7)15-13-25-22(6)26(20(4)21(5)27(25)33-29)32-24-16-23(17-24)28(30)31/h9,14,18-19,23-24H,8,10-13,15-17H2,1-7H3,(H,30,31)/b14-9+. The minimum Gasteiger partial charge on any atom is -0.490 e. The largest absolute Gasteiger partial charge is 0.490 e. The summed E-state index contributed by atoms with van der Waals surface area (Å²) in [7, 11) is 0. The van der Waals surface area contributed by atoms with Crippen molar-refractivity contribution in [1.82, 2.24) is 0 Å². The SMILES string of the molecule is Cc1c(C)c2c(c(C)c1OC1CC(C(=O)O)C1)CCC(C)(/C=C/CC(C)CCCC(C)C)O2. The van der Waals surface area contributed by atoms with E-state index in [1.165, 1.54) is 24.8 Å². The fraction of sp³-hybridized carbons (Fsp3) is 0.690. The van der Waals surface area contributed by atoms with E-state index >= 15 is 0 Å². The summed E-state index contributed by atoms with van der Waals surface area (Å²) in [5.41, 5.74) is 4.37. The third kappa shape index (κ3) is 6.13. The molecule has 0 bridgehead atoms. The fourth-order valence-corrected chi connectivity index (χ4v) is 5.12. The summed E-state index contributed by atoms with van der Waals surface area (Å²) < 4.78 is 12.9. The van der Waals surface area contributed by atoms with Crippen LogP contribution in [-0.4, -0.2) is 22.8 Å². The second kappa shape index (κ2) is 10.5. The van der Waals surface area contributed by atoms with Crippen molar-refractivity contribution in [3.63, 3.8) is 0 Å². The first-order valence-corrected chi connectivity index (χ1v) is 12.9. The van der Waals surface area contributed by atoms with Crippen molar-refractivity contribution in [2.24, 2.45) is 17.8 Å². The van der Waals surface area contributed by atoms with Gasteiger partial charge in [0.1, 0.15) is 23.2 Å². The molecular weight excluding hydrogens is 412 g/mol. The van der Waals surface area contributed by atoms with Crippen LogP contribution in [0.25, 0.3) is 0 Å². The van der Waals surface area contributed by atoms with E-state index in [9.17, 15) is 4.79 Å². The number of hydrogen-bond donors (Lipinski definition) is 1. The lowest BCUT2D eigenvalue weighted by molar-refractivity contribution is -0.147. The Bertz CT molecular complexity index is 878. The van der Waals surface area contributed by atoms with Gasteiger partial charge in [-0.25, -0.2) is 0 Å². The van der Waals surface area contributed by atoms with Crippen LogP contribution >= 0.6 is 0 Å². The quantitative estimate of drug-likeness (QED) is 0.374. The second-order valence-corrected chi connectivity index (χ2v) is 11.2. The molecule has 1 aliphatic heterocycles. The molecule has 4 nitrogen and oxygen atoms in total. The molecule has 1 aromatic carbocycles. The number of ether oxygens (including phenoxy) is 2. The van der Waals surface area contributed by atoms with Crippen molar-refractivity contribution in [1.29, 1.82) is 0 Å². The Hall–Kier alpha value is -1.97. The van der Waals surface area contributed by atoms with Gasteiger partial charge in [-0.15, -0.1) is 0 Å². The predicted molar refractivity (Wildman–Crippen MR) is 134 cm³/mol. The molecule has 33 heavy (non-hydrogen) atoms. The molecule has 1 fully saturated rings. The monoisotopic (exact) mass is 456 g/mol. The van der Waals surface area contributed by atoms with Gasteiger partial charge in [-0.2, -0.15) is 0 Å². The smallest absolute Gasteiger partial charge is 0.306 e. The fourth-order valence-electron chi connectivity index (χ4n) is 5.12. The van der Waals surface area contributed by atoms with Crippen LogP contribution in [0.5, 0.6) is 11.5 Å². The van der Waals surface area contributed by atoms with E-state index < -0.39 is 5.97 Å². The maximum Gasteiger partial charge on any atom is 0.306 e. The van der Waals surface area contributed by atoms with E-state index in [-0.39, 0.29) is 17.6 Å². The topological polar surface area (TPSA) is 55.8 Å². The van der Waals surface area contributed by atoms with Gasteiger partial charge in [0, 0.05) is 5.56 Å². The number of benzene rings is 1. The number of carboxylic acid groups (broad SMARTS) is 1. The zero-order valence-corrected chi connectivity index (χ0v) is 21.8. The summed E-state index contributed by atoms with van der Waals surface area (Å²) in [4.78, 5) is 11.1. The van der Waals surface area contributed by atoms with E-state index in [1.54, 1.807) is 0 Å². The molecule has 4 heteroatoms. The minimum atomic E-state index is -0.712. The van der Waals surface area contributed by atoms with Gasteiger partial charge in [-0.1, -0.05) is 46.1 Å².